The summed E-state index contributed by atoms with van der Waals surface area (Å²) >= 11 is 0. The summed E-state index contributed by atoms with van der Waals surface area (Å²) in [6, 6.07) is 12.3. The molecule has 0 spiro atoms. The number of carbonyl (C=O) groups excluding carboxylic acids is 1. The van der Waals surface area contributed by atoms with Gasteiger partial charge < -0.3 is 15.3 Å². The van der Waals surface area contributed by atoms with E-state index in [1.54, 1.807) is 18.2 Å². The van der Waals surface area contributed by atoms with Crippen LogP contribution in [0.1, 0.15) is 11.1 Å². The Kier molecular flexibility index (Phi) is 4.41. The number of rotatable bonds is 4. The molecule has 2 aromatic carbocycles. The second-order valence-corrected chi connectivity index (χ2v) is 4.40. The number of aliphatic hydroxyl groups is 1. The molecule has 0 radical (unpaired) electrons. The number of hydrogen-bond acceptors (Lipinski definition) is 4. The van der Waals surface area contributed by atoms with Crippen molar-refractivity contribution in [3.05, 3.63) is 71.8 Å². The van der Waals surface area contributed by atoms with Crippen LogP contribution in [0.2, 0.25) is 0 Å². The molecule has 0 atom stereocenters. The van der Waals surface area contributed by atoms with Crippen LogP contribution in [0.3, 0.4) is 0 Å². The van der Waals surface area contributed by atoms with E-state index in [0.717, 1.165) is 11.6 Å². The Morgan fingerprint density at radius 1 is 0.857 bits per heavy atom. The lowest BCUT2D eigenvalue weighted by atomic mass is 10.1. The highest BCUT2D eigenvalue weighted by atomic mass is 16.3. The van der Waals surface area contributed by atoms with Crippen LogP contribution in [0.4, 0.5) is 0 Å². The van der Waals surface area contributed by atoms with Gasteiger partial charge in [-0.1, -0.05) is 18.2 Å². The van der Waals surface area contributed by atoms with Gasteiger partial charge in [0.05, 0.1) is 0 Å². The summed E-state index contributed by atoms with van der Waals surface area (Å²) in [7, 11) is 0. The first-order valence-electron chi connectivity index (χ1n) is 6.26. The molecular formula is C17H14O4. The number of aliphatic hydroxyl groups excluding tert-OH is 1. The summed E-state index contributed by atoms with van der Waals surface area (Å²) in [6.45, 7) is 0. The van der Waals surface area contributed by atoms with E-state index in [0.29, 0.717) is 5.56 Å². The third-order valence-corrected chi connectivity index (χ3v) is 2.78. The second-order valence-electron chi connectivity index (χ2n) is 4.40. The molecule has 2 aromatic rings. The number of aromatic hydroxyl groups is 2. The zero-order valence-corrected chi connectivity index (χ0v) is 11.1. The minimum Gasteiger partial charge on any atom is -0.508 e. The fraction of sp³-hybridized carbons (Fsp3) is 0. The SMILES string of the molecule is O=C(C=C(O)c1ccc(O)cc1)/C=C/c1ccc(O)cc1. The predicted molar refractivity (Wildman–Crippen MR) is 80.9 cm³/mol. The number of phenolic OH excluding ortho intramolecular Hbond substituents is 2. The quantitative estimate of drug-likeness (QED) is 0.594. The normalized spacial score (nSPS) is 11.7. The van der Waals surface area contributed by atoms with Crippen LogP contribution in [0.15, 0.2) is 60.7 Å². The monoisotopic (exact) mass is 282 g/mol. The van der Waals surface area contributed by atoms with Crippen LogP contribution < -0.4 is 0 Å². The van der Waals surface area contributed by atoms with Crippen LogP contribution in [0.25, 0.3) is 11.8 Å². The van der Waals surface area contributed by atoms with Gasteiger partial charge in [0.1, 0.15) is 17.3 Å². The minimum absolute atomic E-state index is 0.0881. The molecule has 0 fully saturated rings. The molecule has 0 unspecified atom stereocenters. The molecule has 0 heterocycles. The van der Waals surface area contributed by atoms with E-state index >= 15 is 0 Å². The smallest absolute Gasteiger partial charge is 0.182 e. The van der Waals surface area contributed by atoms with Crippen molar-refractivity contribution in [2.75, 3.05) is 0 Å². The second kappa shape index (κ2) is 6.43. The van der Waals surface area contributed by atoms with Gasteiger partial charge in [-0.2, -0.15) is 0 Å². The van der Waals surface area contributed by atoms with Gasteiger partial charge in [-0.3, -0.25) is 4.79 Å². The van der Waals surface area contributed by atoms with Crippen molar-refractivity contribution in [2.24, 2.45) is 0 Å². The fourth-order valence-corrected chi connectivity index (χ4v) is 1.66. The van der Waals surface area contributed by atoms with Gasteiger partial charge in [0.2, 0.25) is 0 Å². The Labute approximate surface area is 121 Å². The lowest BCUT2D eigenvalue weighted by Gasteiger charge is -1.99. The summed E-state index contributed by atoms with van der Waals surface area (Å²) in [4.78, 5) is 11.7. The van der Waals surface area contributed by atoms with Gasteiger partial charge in [0, 0.05) is 11.6 Å². The Morgan fingerprint density at radius 2 is 1.38 bits per heavy atom. The highest BCUT2D eigenvalue weighted by Crippen LogP contribution is 2.16. The van der Waals surface area contributed by atoms with Crippen LogP contribution >= 0.6 is 0 Å². The summed E-state index contributed by atoms with van der Waals surface area (Å²) in [6.07, 6.45) is 4.01. The Hall–Kier alpha value is -3.01. The van der Waals surface area contributed by atoms with Gasteiger partial charge in [-0.25, -0.2) is 0 Å². The van der Waals surface area contributed by atoms with E-state index in [1.165, 1.54) is 42.5 Å². The summed E-state index contributed by atoms with van der Waals surface area (Å²) < 4.78 is 0. The number of ketones is 1. The third kappa shape index (κ3) is 4.24. The van der Waals surface area contributed by atoms with E-state index in [2.05, 4.69) is 0 Å². The number of hydrogen-bond donors (Lipinski definition) is 3. The summed E-state index contributed by atoms with van der Waals surface area (Å²) in [5.74, 6) is -0.294. The van der Waals surface area contributed by atoms with Crippen LogP contribution in [-0.2, 0) is 4.79 Å². The molecule has 2 rings (SSSR count). The molecule has 21 heavy (non-hydrogen) atoms. The maximum Gasteiger partial charge on any atom is 0.182 e. The number of benzene rings is 2. The van der Waals surface area contributed by atoms with Gasteiger partial charge in [-0.05, 0) is 48.0 Å². The Morgan fingerprint density at radius 3 is 1.95 bits per heavy atom. The summed E-state index contributed by atoms with van der Waals surface area (Å²) in [5.41, 5.74) is 1.21. The first kappa shape index (κ1) is 14.4. The lowest BCUT2D eigenvalue weighted by Crippen LogP contribution is -1.90. The Balaban J connectivity index is 2.07. The van der Waals surface area contributed by atoms with Gasteiger partial charge >= 0.3 is 0 Å². The minimum atomic E-state index is -0.367. The third-order valence-electron chi connectivity index (χ3n) is 2.78. The number of allylic oxidation sites excluding steroid dienone is 2. The van der Waals surface area contributed by atoms with E-state index in [9.17, 15) is 9.90 Å². The molecule has 0 saturated carbocycles. The van der Waals surface area contributed by atoms with Crippen molar-refractivity contribution < 1.29 is 20.1 Å². The molecule has 0 bridgehead atoms. The molecule has 0 aliphatic carbocycles. The topological polar surface area (TPSA) is 77.8 Å². The highest BCUT2D eigenvalue weighted by molar-refractivity contribution is 6.05. The average molecular weight is 282 g/mol. The first-order valence-corrected chi connectivity index (χ1v) is 6.26. The van der Waals surface area contributed by atoms with E-state index in [-0.39, 0.29) is 23.0 Å². The van der Waals surface area contributed by atoms with Gasteiger partial charge in [-0.15, -0.1) is 0 Å². The molecule has 0 amide bonds. The molecule has 0 aliphatic rings. The van der Waals surface area contributed by atoms with Gasteiger partial charge in [0.15, 0.2) is 5.78 Å². The maximum absolute atomic E-state index is 11.7. The Bertz CT molecular complexity index is 680. The molecule has 0 saturated heterocycles. The molecule has 3 N–H and O–H groups in total. The van der Waals surface area contributed by atoms with Crippen molar-refractivity contribution in [3.8, 4) is 11.5 Å². The predicted octanol–water partition coefficient (Wildman–Crippen LogP) is 3.28. The molecule has 4 heteroatoms. The standard InChI is InChI=1S/C17H14O4/c18-14-6-1-12(2-7-14)3-8-16(20)11-17(21)13-4-9-15(19)10-5-13/h1-11,18-19,21H/b8-3+,17-11?. The van der Waals surface area contributed by atoms with E-state index in [4.69, 9.17) is 10.2 Å². The van der Waals surface area contributed by atoms with Crippen molar-refractivity contribution in [3.63, 3.8) is 0 Å². The molecule has 0 aliphatic heterocycles. The highest BCUT2D eigenvalue weighted by Gasteiger charge is 2.01. The van der Waals surface area contributed by atoms with Crippen LogP contribution in [0.5, 0.6) is 11.5 Å². The van der Waals surface area contributed by atoms with Crippen LogP contribution in [-0.4, -0.2) is 21.1 Å². The van der Waals surface area contributed by atoms with Crippen molar-refractivity contribution in [1.29, 1.82) is 0 Å². The van der Waals surface area contributed by atoms with E-state index in [1.807, 2.05) is 0 Å². The lowest BCUT2D eigenvalue weighted by molar-refractivity contribution is -0.110. The molecule has 106 valence electrons. The fourth-order valence-electron chi connectivity index (χ4n) is 1.66. The van der Waals surface area contributed by atoms with Crippen molar-refractivity contribution in [1.82, 2.24) is 0 Å². The zero-order valence-electron chi connectivity index (χ0n) is 11.1. The number of phenols is 2. The zero-order chi connectivity index (χ0) is 15.2. The largest absolute Gasteiger partial charge is 0.508 e. The van der Waals surface area contributed by atoms with Crippen molar-refractivity contribution in [2.45, 2.75) is 0 Å². The van der Waals surface area contributed by atoms with Gasteiger partial charge in [0.25, 0.3) is 0 Å². The van der Waals surface area contributed by atoms with Crippen molar-refractivity contribution >= 4 is 17.6 Å². The number of carbonyl (C=O) groups is 1. The first-order chi connectivity index (χ1) is 10.0. The maximum atomic E-state index is 11.7. The molecule has 0 aromatic heterocycles. The van der Waals surface area contributed by atoms with E-state index < -0.39 is 0 Å². The molecule has 4 nitrogen and oxygen atoms in total. The van der Waals surface area contributed by atoms with Crippen LogP contribution in [0, 0.1) is 0 Å². The average Bonchev–Trinajstić information content (AvgIpc) is 2.47. The summed E-state index contributed by atoms with van der Waals surface area (Å²) in [5, 5.41) is 28.1. The molecular weight excluding hydrogens is 268 g/mol.